The first-order valence-electron chi connectivity index (χ1n) is 12.1. The van der Waals surface area contributed by atoms with Gasteiger partial charge >= 0.3 is 0 Å². The molecule has 34 heavy (non-hydrogen) atoms. The molecule has 0 saturated carbocycles. The molecule has 2 aliphatic rings. The third-order valence-electron chi connectivity index (χ3n) is 7.34. The number of nitriles is 1. The molecule has 1 saturated heterocycles. The first kappa shape index (κ1) is 22.4. The molecular formula is C28H31N5O. The Morgan fingerprint density at radius 1 is 1.12 bits per heavy atom. The molecule has 1 fully saturated rings. The minimum atomic E-state index is 0.101. The summed E-state index contributed by atoms with van der Waals surface area (Å²) in [5, 5.41) is 12.5. The second-order valence-electron chi connectivity index (χ2n) is 9.78. The summed E-state index contributed by atoms with van der Waals surface area (Å²) < 4.78 is 0. The molecule has 2 N–H and O–H groups in total. The van der Waals surface area contributed by atoms with E-state index in [9.17, 15) is 4.79 Å². The molecule has 3 aromatic rings. The summed E-state index contributed by atoms with van der Waals surface area (Å²) in [6.07, 6.45) is 2.79. The highest BCUT2D eigenvalue weighted by Gasteiger charge is 2.27. The fourth-order valence-electron chi connectivity index (χ4n) is 5.28. The largest absolute Gasteiger partial charge is 0.341 e. The number of benzene rings is 2. The molecule has 6 heteroatoms. The van der Waals surface area contributed by atoms with E-state index in [0.717, 1.165) is 78.4 Å². The highest BCUT2D eigenvalue weighted by Crippen LogP contribution is 2.31. The number of hydrogen-bond acceptors (Lipinski definition) is 4. The molecule has 1 atom stereocenters. The van der Waals surface area contributed by atoms with Crippen molar-refractivity contribution in [3.05, 3.63) is 75.6 Å². The molecule has 0 aliphatic carbocycles. The number of amides is 1. The topological polar surface area (TPSA) is 84.8 Å². The second-order valence-corrected chi connectivity index (χ2v) is 9.78. The van der Waals surface area contributed by atoms with Crippen molar-refractivity contribution >= 4 is 5.91 Å². The van der Waals surface area contributed by atoms with Crippen molar-refractivity contribution < 1.29 is 4.79 Å². The summed E-state index contributed by atoms with van der Waals surface area (Å²) in [5.74, 6) is 1.38. The van der Waals surface area contributed by atoms with Gasteiger partial charge in [-0.25, -0.2) is 4.98 Å². The Morgan fingerprint density at radius 3 is 2.56 bits per heavy atom. The van der Waals surface area contributed by atoms with Gasteiger partial charge in [-0.05, 0) is 74.4 Å². The summed E-state index contributed by atoms with van der Waals surface area (Å²) in [7, 11) is 0. The average molecular weight is 454 g/mol. The van der Waals surface area contributed by atoms with Gasteiger partial charge in [0, 0.05) is 43.2 Å². The zero-order valence-corrected chi connectivity index (χ0v) is 20.1. The van der Waals surface area contributed by atoms with Crippen molar-refractivity contribution in [1.29, 1.82) is 5.26 Å². The third-order valence-corrected chi connectivity index (χ3v) is 7.34. The maximum Gasteiger partial charge on any atom is 0.254 e. The number of likely N-dealkylation sites (tertiary alicyclic amines) is 1. The van der Waals surface area contributed by atoms with E-state index in [1.807, 2.05) is 30.0 Å². The van der Waals surface area contributed by atoms with Gasteiger partial charge in [0.05, 0.1) is 23.0 Å². The Kier molecular flexibility index (Phi) is 5.97. The Hall–Kier alpha value is -3.43. The first-order chi connectivity index (χ1) is 16.4. The van der Waals surface area contributed by atoms with Crippen LogP contribution in [-0.2, 0) is 13.0 Å². The van der Waals surface area contributed by atoms with Crippen molar-refractivity contribution in [3.63, 3.8) is 0 Å². The summed E-state index contributed by atoms with van der Waals surface area (Å²) >= 11 is 0. The van der Waals surface area contributed by atoms with Gasteiger partial charge in [-0.1, -0.05) is 18.2 Å². The molecule has 3 heterocycles. The molecular weight excluding hydrogens is 422 g/mol. The van der Waals surface area contributed by atoms with E-state index in [4.69, 9.17) is 10.2 Å². The number of nitrogens with one attached hydrogen (secondary N) is 2. The lowest BCUT2D eigenvalue weighted by Gasteiger charge is -2.32. The minimum Gasteiger partial charge on any atom is -0.341 e. The third kappa shape index (κ3) is 4.24. The van der Waals surface area contributed by atoms with Gasteiger partial charge in [0.2, 0.25) is 0 Å². The maximum absolute atomic E-state index is 13.5. The zero-order chi connectivity index (χ0) is 23.8. The lowest BCUT2D eigenvalue weighted by molar-refractivity contribution is 0.0712. The summed E-state index contributed by atoms with van der Waals surface area (Å²) in [4.78, 5) is 23.9. The maximum atomic E-state index is 13.5. The number of aryl methyl sites for hydroxylation is 2. The number of rotatable bonds is 3. The molecule has 2 aromatic carbocycles. The van der Waals surface area contributed by atoms with Crippen molar-refractivity contribution in [3.8, 4) is 17.5 Å². The lowest BCUT2D eigenvalue weighted by atomic mass is 9.88. The van der Waals surface area contributed by atoms with Gasteiger partial charge < -0.3 is 15.2 Å². The number of imidazole rings is 1. The van der Waals surface area contributed by atoms with Crippen LogP contribution in [0.15, 0.2) is 36.4 Å². The van der Waals surface area contributed by atoms with Gasteiger partial charge in [0.15, 0.2) is 0 Å². The van der Waals surface area contributed by atoms with Crippen LogP contribution in [0.3, 0.4) is 0 Å². The van der Waals surface area contributed by atoms with E-state index in [0.29, 0.717) is 17.5 Å². The number of carbonyl (C=O) groups is 1. The molecule has 1 amide bonds. The highest BCUT2D eigenvalue weighted by atomic mass is 16.2. The van der Waals surface area contributed by atoms with Crippen LogP contribution in [0.1, 0.15) is 69.7 Å². The molecule has 6 nitrogen and oxygen atoms in total. The van der Waals surface area contributed by atoms with Crippen LogP contribution in [0.4, 0.5) is 0 Å². The van der Waals surface area contributed by atoms with Crippen molar-refractivity contribution in [2.45, 2.75) is 58.5 Å². The van der Waals surface area contributed by atoms with E-state index in [2.05, 4.69) is 48.4 Å². The number of aromatic amines is 1. The Labute approximate surface area is 201 Å². The van der Waals surface area contributed by atoms with Gasteiger partial charge in [0.1, 0.15) is 5.82 Å². The molecule has 1 aromatic heterocycles. The number of fused-ring (bicyclic) bond motifs is 1. The monoisotopic (exact) mass is 453 g/mol. The number of nitrogens with zero attached hydrogens (tertiary/aromatic N) is 3. The zero-order valence-electron chi connectivity index (χ0n) is 20.1. The molecule has 0 unspecified atom stereocenters. The Bertz CT molecular complexity index is 1260. The van der Waals surface area contributed by atoms with Crippen LogP contribution in [-0.4, -0.2) is 39.9 Å². The van der Waals surface area contributed by atoms with E-state index in [-0.39, 0.29) is 5.91 Å². The lowest BCUT2D eigenvalue weighted by Crippen LogP contribution is -2.38. The van der Waals surface area contributed by atoms with Gasteiger partial charge in [-0.2, -0.15) is 5.26 Å². The average Bonchev–Trinajstić information content (AvgIpc) is 3.27. The number of H-pyrrole nitrogens is 1. The quantitative estimate of drug-likeness (QED) is 0.606. The highest BCUT2D eigenvalue weighted by molar-refractivity contribution is 5.97. The SMILES string of the molecule is Cc1cc(C)c(-c2nc3c([nH]2)CN[C@@H](C)C3)cc1C(=O)N1CCC(c2ccc(C#N)cc2)CC1. The van der Waals surface area contributed by atoms with Crippen LogP contribution in [0.5, 0.6) is 0 Å². The predicted octanol–water partition coefficient (Wildman–Crippen LogP) is 4.62. The summed E-state index contributed by atoms with van der Waals surface area (Å²) in [6, 6.07) is 14.6. The minimum absolute atomic E-state index is 0.101. The van der Waals surface area contributed by atoms with E-state index < -0.39 is 0 Å². The Balaban J connectivity index is 1.34. The molecule has 0 bridgehead atoms. The summed E-state index contributed by atoms with van der Waals surface area (Å²) in [5.41, 5.74) is 8.11. The fraction of sp³-hybridized carbons (Fsp3) is 0.393. The number of aromatic nitrogens is 2. The van der Waals surface area contributed by atoms with E-state index in [1.54, 1.807) is 0 Å². The summed E-state index contributed by atoms with van der Waals surface area (Å²) in [6.45, 7) is 8.56. The van der Waals surface area contributed by atoms with Crippen LogP contribution < -0.4 is 5.32 Å². The van der Waals surface area contributed by atoms with E-state index >= 15 is 0 Å². The molecule has 2 aliphatic heterocycles. The van der Waals surface area contributed by atoms with Gasteiger partial charge in [-0.3, -0.25) is 4.79 Å². The van der Waals surface area contributed by atoms with Crippen LogP contribution >= 0.6 is 0 Å². The van der Waals surface area contributed by atoms with E-state index in [1.165, 1.54) is 5.56 Å². The standard InChI is InChI=1S/C28H31N5O/c1-17-12-18(2)24(14-23(17)27-31-25-13-19(3)30-16-26(25)32-27)28(34)33-10-8-22(9-11-33)21-6-4-20(15-29)5-7-21/h4-7,12,14,19,22,30H,8-11,13,16H2,1-3H3,(H,31,32)/t19-/m0/s1. The van der Waals surface area contributed by atoms with Crippen LogP contribution in [0.25, 0.3) is 11.4 Å². The number of hydrogen-bond donors (Lipinski definition) is 2. The van der Waals surface area contributed by atoms with Crippen LogP contribution in [0, 0.1) is 25.2 Å². The van der Waals surface area contributed by atoms with Crippen molar-refractivity contribution in [2.75, 3.05) is 13.1 Å². The number of carbonyl (C=O) groups excluding carboxylic acids is 1. The normalized spacial score (nSPS) is 18.4. The van der Waals surface area contributed by atoms with Gasteiger partial charge in [0.25, 0.3) is 5.91 Å². The number of piperidine rings is 1. The molecule has 0 spiro atoms. The predicted molar refractivity (Wildman–Crippen MR) is 133 cm³/mol. The molecule has 174 valence electrons. The fourth-order valence-corrected chi connectivity index (χ4v) is 5.28. The van der Waals surface area contributed by atoms with Crippen molar-refractivity contribution in [2.24, 2.45) is 0 Å². The molecule has 5 rings (SSSR count). The van der Waals surface area contributed by atoms with Crippen molar-refractivity contribution in [1.82, 2.24) is 20.2 Å². The smallest absolute Gasteiger partial charge is 0.254 e. The molecule has 0 radical (unpaired) electrons. The van der Waals surface area contributed by atoms with Gasteiger partial charge in [-0.15, -0.1) is 0 Å². The Morgan fingerprint density at radius 2 is 1.85 bits per heavy atom. The van der Waals surface area contributed by atoms with Crippen LogP contribution in [0.2, 0.25) is 0 Å². The second kappa shape index (κ2) is 9.08. The first-order valence-corrected chi connectivity index (χ1v) is 12.1.